The number of para-hydroxylation sites is 4. The molecular formula is C46H28N2O2. The lowest BCUT2D eigenvalue weighted by atomic mass is 10.0. The van der Waals surface area contributed by atoms with Crippen LogP contribution >= 0.6 is 0 Å². The highest BCUT2D eigenvalue weighted by Gasteiger charge is 2.20. The van der Waals surface area contributed by atoms with Crippen LogP contribution in [-0.2, 0) is 0 Å². The maximum absolute atomic E-state index is 6.41. The van der Waals surface area contributed by atoms with Gasteiger partial charge in [0.15, 0.2) is 0 Å². The number of rotatable bonds is 4. The second-order valence-corrected chi connectivity index (χ2v) is 12.9. The molecule has 0 saturated heterocycles. The Balaban J connectivity index is 1.15. The number of fused-ring (bicyclic) bond motifs is 11. The Morgan fingerprint density at radius 2 is 0.940 bits per heavy atom. The minimum absolute atomic E-state index is 0.861. The molecule has 3 heterocycles. The van der Waals surface area contributed by atoms with Crippen molar-refractivity contribution in [1.29, 1.82) is 0 Å². The molecule has 0 aliphatic carbocycles. The largest absolute Gasteiger partial charge is 0.456 e. The second-order valence-electron chi connectivity index (χ2n) is 12.9. The van der Waals surface area contributed by atoms with Crippen LogP contribution in [0, 0.1) is 0 Å². The fraction of sp³-hybridized carbons (Fsp3) is 0. The van der Waals surface area contributed by atoms with Gasteiger partial charge >= 0.3 is 0 Å². The number of aromatic nitrogens is 1. The second kappa shape index (κ2) is 10.4. The zero-order chi connectivity index (χ0) is 32.8. The number of benzene rings is 8. The minimum Gasteiger partial charge on any atom is -0.456 e. The van der Waals surface area contributed by atoms with Crippen molar-refractivity contribution in [1.82, 2.24) is 4.57 Å². The van der Waals surface area contributed by atoms with E-state index in [9.17, 15) is 0 Å². The zero-order valence-electron chi connectivity index (χ0n) is 26.9. The normalized spacial score (nSPS) is 12.0. The molecule has 0 radical (unpaired) electrons. The predicted molar refractivity (Wildman–Crippen MR) is 208 cm³/mol. The molecule has 0 fully saturated rings. The summed E-state index contributed by atoms with van der Waals surface area (Å²) in [5.74, 6) is 0. The third-order valence-corrected chi connectivity index (χ3v) is 10.2. The molecule has 0 aliphatic rings. The molecule has 0 N–H and O–H groups in total. The van der Waals surface area contributed by atoms with Crippen molar-refractivity contribution < 1.29 is 8.83 Å². The number of nitrogens with zero attached hydrogens (tertiary/aromatic N) is 2. The molecule has 234 valence electrons. The molecule has 3 aromatic heterocycles. The lowest BCUT2D eigenvalue weighted by Gasteiger charge is -2.26. The molecule has 0 aliphatic heterocycles. The standard InChI is InChI=1S/C46H28N2O2/c1-2-10-30(11-3-1)48-41-15-7-4-12-35(41)40-27-32(21-25-42(40)48)47(33-20-24-38-36-13-5-8-16-43(36)49-45(38)28-33)31-19-23-34-29(26-31)18-22-39-37-14-6-9-17-44(37)50-46(34)39/h1-28H. The number of furan rings is 2. The van der Waals surface area contributed by atoms with E-state index in [0.29, 0.717) is 0 Å². The van der Waals surface area contributed by atoms with E-state index in [1.165, 1.54) is 21.8 Å². The van der Waals surface area contributed by atoms with Crippen LogP contribution in [0.5, 0.6) is 0 Å². The maximum atomic E-state index is 6.41. The van der Waals surface area contributed by atoms with E-state index in [0.717, 1.165) is 77.4 Å². The maximum Gasteiger partial charge on any atom is 0.143 e. The van der Waals surface area contributed by atoms with Gasteiger partial charge in [-0.1, -0.05) is 78.9 Å². The van der Waals surface area contributed by atoms with Gasteiger partial charge in [0.2, 0.25) is 0 Å². The molecule has 0 atom stereocenters. The Hall–Kier alpha value is -6.78. The van der Waals surface area contributed by atoms with Gasteiger partial charge in [-0.15, -0.1) is 0 Å². The van der Waals surface area contributed by atoms with Gasteiger partial charge in [-0.2, -0.15) is 0 Å². The summed E-state index contributed by atoms with van der Waals surface area (Å²) < 4.78 is 15.2. The zero-order valence-corrected chi connectivity index (χ0v) is 26.9. The van der Waals surface area contributed by atoms with Crippen molar-refractivity contribution in [2.24, 2.45) is 0 Å². The van der Waals surface area contributed by atoms with Gasteiger partial charge in [-0.3, -0.25) is 0 Å². The van der Waals surface area contributed by atoms with Crippen molar-refractivity contribution >= 4 is 93.5 Å². The van der Waals surface area contributed by atoms with Gasteiger partial charge in [-0.25, -0.2) is 0 Å². The number of anilines is 3. The molecule has 0 amide bonds. The summed E-state index contributed by atoms with van der Waals surface area (Å²) >= 11 is 0. The first kappa shape index (κ1) is 27.2. The Morgan fingerprint density at radius 3 is 1.78 bits per heavy atom. The van der Waals surface area contributed by atoms with Crippen molar-refractivity contribution in [2.45, 2.75) is 0 Å². The molecule has 0 saturated carbocycles. The van der Waals surface area contributed by atoms with Crippen LogP contribution in [0.2, 0.25) is 0 Å². The lowest BCUT2D eigenvalue weighted by molar-refractivity contribution is 0.669. The summed E-state index contributed by atoms with van der Waals surface area (Å²) in [6.07, 6.45) is 0. The Kier molecular flexibility index (Phi) is 5.63. The van der Waals surface area contributed by atoms with Gasteiger partial charge in [0, 0.05) is 66.5 Å². The van der Waals surface area contributed by atoms with Crippen LogP contribution in [0.4, 0.5) is 17.1 Å². The summed E-state index contributed by atoms with van der Waals surface area (Å²) in [6, 6.07) is 60.2. The van der Waals surface area contributed by atoms with Gasteiger partial charge < -0.3 is 18.3 Å². The molecule has 8 aromatic carbocycles. The third kappa shape index (κ3) is 3.93. The summed E-state index contributed by atoms with van der Waals surface area (Å²) in [5, 5.41) is 9.12. The summed E-state index contributed by atoms with van der Waals surface area (Å²) in [5.41, 5.74) is 10.2. The van der Waals surface area contributed by atoms with Gasteiger partial charge in [-0.05, 0) is 90.3 Å². The molecule has 0 unspecified atom stereocenters. The fourth-order valence-electron chi connectivity index (χ4n) is 7.89. The number of hydrogen-bond donors (Lipinski definition) is 0. The van der Waals surface area contributed by atoms with Crippen molar-refractivity contribution in [3.63, 3.8) is 0 Å². The highest BCUT2D eigenvalue weighted by molar-refractivity contribution is 6.16. The lowest BCUT2D eigenvalue weighted by Crippen LogP contribution is -2.10. The van der Waals surface area contributed by atoms with Gasteiger partial charge in [0.05, 0.1) is 11.0 Å². The molecule has 4 nitrogen and oxygen atoms in total. The van der Waals surface area contributed by atoms with Crippen LogP contribution in [0.25, 0.3) is 82.1 Å². The van der Waals surface area contributed by atoms with Crippen LogP contribution in [-0.4, -0.2) is 4.57 Å². The van der Waals surface area contributed by atoms with Crippen LogP contribution in [0.1, 0.15) is 0 Å². The monoisotopic (exact) mass is 640 g/mol. The Labute approximate surface area is 286 Å². The van der Waals surface area contributed by atoms with E-state index >= 15 is 0 Å². The van der Waals surface area contributed by atoms with Crippen LogP contribution in [0.15, 0.2) is 179 Å². The van der Waals surface area contributed by atoms with E-state index in [1.54, 1.807) is 0 Å². The van der Waals surface area contributed by atoms with Gasteiger partial charge in [0.1, 0.15) is 22.3 Å². The SMILES string of the molecule is c1ccc(-n2c3ccccc3c3cc(N(c4ccc5c(ccc6c7ccccc7oc56)c4)c4ccc5c(c4)oc4ccccc45)ccc32)cc1. The van der Waals surface area contributed by atoms with Gasteiger partial charge in [0.25, 0.3) is 0 Å². The Morgan fingerprint density at radius 1 is 0.360 bits per heavy atom. The summed E-state index contributed by atoms with van der Waals surface area (Å²) in [6.45, 7) is 0. The summed E-state index contributed by atoms with van der Waals surface area (Å²) in [4.78, 5) is 2.34. The topological polar surface area (TPSA) is 34.5 Å². The predicted octanol–water partition coefficient (Wildman–Crippen LogP) is 13.2. The third-order valence-electron chi connectivity index (χ3n) is 10.2. The molecule has 0 spiro atoms. The molecule has 11 aromatic rings. The summed E-state index contributed by atoms with van der Waals surface area (Å²) in [7, 11) is 0. The van der Waals surface area contributed by atoms with Crippen LogP contribution in [0.3, 0.4) is 0 Å². The first-order chi connectivity index (χ1) is 24.8. The highest BCUT2D eigenvalue weighted by Crippen LogP contribution is 2.43. The van der Waals surface area contributed by atoms with E-state index < -0.39 is 0 Å². The van der Waals surface area contributed by atoms with Crippen molar-refractivity contribution in [3.05, 3.63) is 170 Å². The van der Waals surface area contributed by atoms with Crippen LogP contribution < -0.4 is 4.90 Å². The molecular weight excluding hydrogens is 613 g/mol. The minimum atomic E-state index is 0.861. The average Bonchev–Trinajstić information content (AvgIpc) is 3.84. The average molecular weight is 641 g/mol. The highest BCUT2D eigenvalue weighted by atomic mass is 16.3. The Bertz CT molecular complexity index is 3110. The first-order valence-electron chi connectivity index (χ1n) is 16.9. The smallest absolute Gasteiger partial charge is 0.143 e. The fourth-order valence-corrected chi connectivity index (χ4v) is 7.89. The quantitative estimate of drug-likeness (QED) is 0.192. The molecule has 50 heavy (non-hydrogen) atoms. The van der Waals surface area contributed by atoms with E-state index in [-0.39, 0.29) is 0 Å². The van der Waals surface area contributed by atoms with Crippen molar-refractivity contribution in [3.8, 4) is 5.69 Å². The van der Waals surface area contributed by atoms with E-state index in [4.69, 9.17) is 8.83 Å². The molecule has 11 rings (SSSR count). The van der Waals surface area contributed by atoms with Crippen molar-refractivity contribution in [2.75, 3.05) is 4.90 Å². The van der Waals surface area contributed by atoms with E-state index in [2.05, 4.69) is 155 Å². The first-order valence-corrected chi connectivity index (χ1v) is 16.9. The molecule has 4 heteroatoms. The van der Waals surface area contributed by atoms with E-state index in [1.807, 2.05) is 24.3 Å². The number of hydrogen-bond acceptors (Lipinski definition) is 3. The molecule has 0 bridgehead atoms.